The van der Waals surface area contributed by atoms with Crippen molar-refractivity contribution in [3.63, 3.8) is 0 Å². The molecule has 0 aliphatic carbocycles. The van der Waals surface area contributed by atoms with Crippen LogP contribution in [0.15, 0.2) is 24.3 Å². The highest BCUT2D eigenvalue weighted by molar-refractivity contribution is 6.30. The molecule has 2 rings (SSSR count). The average molecular weight is 325 g/mol. The molecule has 1 atom stereocenters. The van der Waals surface area contributed by atoms with Crippen molar-refractivity contribution in [1.82, 2.24) is 10.2 Å². The quantitative estimate of drug-likeness (QED) is 0.844. The number of hydrogen-bond donors (Lipinski definition) is 1. The maximum atomic E-state index is 12.0. The normalized spacial score (nSPS) is 18.7. The number of hydrogen-bond acceptors (Lipinski definition) is 4. The Hall–Kier alpha value is -1.59. The molecular formula is C16H21ClN2O3. The summed E-state index contributed by atoms with van der Waals surface area (Å²) in [6.45, 7) is 4.14. The lowest BCUT2D eigenvalue weighted by Gasteiger charge is -2.31. The fourth-order valence-corrected chi connectivity index (χ4v) is 2.66. The number of amides is 1. The van der Waals surface area contributed by atoms with Crippen molar-refractivity contribution >= 4 is 23.5 Å². The summed E-state index contributed by atoms with van der Waals surface area (Å²) in [5.41, 5.74) is 0.573. The zero-order chi connectivity index (χ0) is 15.9. The molecule has 1 saturated heterocycles. The second kappa shape index (κ2) is 8.15. The van der Waals surface area contributed by atoms with Gasteiger partial charge in [-0.1, -0.05) is 11.6 Å². The van der Waals surface area contributed by atoms with Crippen molar-refractivity contribution < 1.29 is 14.3 Å². The lowest BCUT2D eigenvalue weighted by atomic mass is 9.98. The Labute approximate surface area is 135 Å². The van der Waals surface area contributed by atoms with Crippen LogP contribution in [0.25, 0.3) is 0 Å². The first kappa shape index (κ1) is 16.8. The molecule has 1 fully saturated rings. The van der Waals surface area contributed by atoms with Crippen LogP contribution in [0.3, 0.4) is 0 Å². The van der Waals surface area contributed by atoms with Gasteiger partial charge in [-0.15, -0.1) is 0 Å². The first-order valence-corrected chi connectivity index (χ1v) is 7.90. The Kier molecular flexibility index (Phi) is 6.21. The molecule has 1 heterocycles. The second-order valence-electron chi connectivity index (χ2n) is 5.34. The van der Waals surface area contributed by atoms with Gasteiger partial charge in [-0.05, 0) is 50.6 Å². The van der Waals surface area contributed by atoms with E-state index < -0.39 is 0 Å². The number of esters is 1. The van der Waals surface area contributed by atoms with Crippen molar-refractivity contribution in [3.05, 3.63) is 34.9 Å². The van der Waals surface area contributed by atoms with Crippen LogP contribution < -0.4 is 5.32 Å². The summed E-state index contributed by atoms with van der Waals surface area (Å²) in [6, 6.07) is 6.76. The molecule has 0 radical (unpaired) electrons. The van der Waals surface area contributed by atoms with Gasteiger partial charge in [-0.25, -0.2) is 0 Å². The molecule has 5 nitrogen and oxygen atoms in total. The van der Waals surface area contributed by atoms with E-state index in [4.69, 9.17) is 16.3 Å². The van der Waals surface area contributed by atoms with E-state index in [-0.39, 0.29) is 17.8 Å². The molecule has 0 unspecified atom stereocenters. The third-order valence-electron chi connectivity index (χ3n) is 3.70. The number of likely N-dealkylation sites (tertiary alicyclic amines) is 1. The highest BCUT2D eigenvalue weighted by Crippen LogP contribution is 2.17. The second-order valence-corrected chi connectivity index (χ2v) is 5.78. The predicted octanol–water partition coefficient (Wildman–Crippen LogP) is 2.30. The number of ether oxygens (including phenoxy) is 1. The zero-order valence-electron chi connectivity index (χ0n) is 12.7. The number of rotatable bonds is 5. The van der Waals surface area contributed by atoms with Crippen LogP contribution in [-0.4, -0.2) is 43.1 Å². The molecule has 1 amide bonds. The minimum absolute atomic E-state index is 0.0962. The summed E-state index contributed by atoms with van der Waals surface area (Å²) in [4.78, 5) is 25.9. The van der Waals surface area contributed by atoms with Gasteiger partial charge in [0.25, 0.3) is 5.91 Å². The van der Waals surface area contributed by atoms with Crippen LogP contribution in [0.2, 0.25) is 5.02 Å². The van der Waals surface area contributed by atoms with E-state index in [1.54, 1.807) is 24.3 Å². The van der Waals surface area contributed by atoms with Crippen molar-refractivity contribution in [1.29, 1.82) is 0 Å². The maximum absolute atomic E-state index is 12.0. The van der Waals surface area contributed by atoms with Crippen molar-refractivity contribution in [3.8, 4) is 0 Å². The topological polar surface area (TPSA) is 58.6 Å². The van der Waals surface area contributed by atoms with E-state index in [1.165, 1.54) is 0 Å². The lowest BCUT2D eigenvalue weighted by molar-refractivity contribution is -0.149. The Morgan fingerprint density at radius 1 is 1.36 bits per heavy atom. The van der Waals surface area contributed by atoms with Gasteiger partial charge in [0.05, 0.1) is 19.2 Å². The fourth-order valence-electron chi connectivity index (χ4n) is 2.54. The SMILES string of the molecule is CCOC(=O)[C@H]1CCCN(CNC(=O)c2ccc(Cl)cc2)C1. The van der Waals surface area contributed by atoms with Gasteiger partial charge in [-0.3, -0.25) is 14.5 Å². The Balaban J connectivity index is 1.82. The third-order valence-corrected chi connectivity index (χ3v) is 3.95. The van der Waals surface area contributed by atoms with Crippen molar-refractivity contribution in [2.75, 3.05) is 26.4 Å². The fraction of sp³-hybridized carbons (Fsp3) is 0.500. The minimum Gasteiger partial charge on any atom is -0.466 e. The molecule has 0 saturated carbocycles. The largest absolute Gasteiger partial charge is 0.466 e. The highest BCUT2D eigenvalue weighted by Gasteiger charge is 2.26. The Morgan fingerprint density at radius 2 is 2.09 bits per heavy atom. The first-order valence-electron chi connectivity index (χ1n) is 7.53. The van der Waals surface area contributed by atoms with Gasteiger partial charge < -0.3 is 10.1 Å². The van der Waals surface area contributed by atoms with Crippen LogP contribution in [0.1, 0.15) is 30.1 Å². The van der Waals surface area contributed by atoms with Crippen LogP contribution >= 0.6 is 11.6 Å². The Morgan fingerprint density at radius 3 is 2.77 bits per heavy atom. The standard InChI is InChI=1S/C16H21ClN2O3/c1-2-22-16(21)13-4-3-9-19(10-13)11-18-15(20)12-5-7-14(17)8-6-12/h5-8,13H,2-4,9-11H2,1H3,(H,18,20)/t13-/m0/s1. The smallest absolute Gasteiger partial charge is 0.310 e. The minimum atomic E-state index is -0.144. The van der Waals surface area contributed by atoms with E-state index in [2.05, 4.69) is 10.2 Å². The molecule has 1 aromatic rings. The molecular weight excluding hydrogens is 304 g/mol. The lowest BCUT2D eigenvalue weighted by Crippen LogP contribution is -2.45. The number of carbonyl (C=O) groups excluding carboxylic acids is 2. The van der Waals surface area contributed by atoms with Gasteiger partial charge in [0.2, 0.25) is 0 Å². The number of benzene rings is 1. The zero-order valence-corrected chi connectivity index (χ0v) is 13.4. The predicted molar refractivity (Wildman–Crippen MR) is 84.7 cm³/mol. The van der Waals surface area contributed by atoms with E-state index in [0.29, 0.717) is 30.4 Å². The molecule has 6 heteroatoms. The summed E-state index contributed by atoms with van der Waals surface area (Å²) < 4.78 is 5.07. The Bertz CT molecular complexity index is 519. The number of nitrogens with one attached hydrogen (secondary N) is 1. The molecule has 1 aliphatic heterocycles. The number of carbonyl (C=O) groups is 2. The van der Waals surface area contributed by atoms with E-state index >= 15 is 0 Å². The van der Waals surface area contributed by atoms with Gasteiger partial charge in [0.15, 0.2) is 0 Å². The van der Waals surface area contributed by atoms with E-state index in [0.717, 1.165) is 19.4 Å². The van der Waals surface area contributed by atoms with E-state index in [1.807, 2.05) is 6.92 Å². The summed E-state index contributed by atoms with van der Waals surface area (Å²) >= 11 is 5.80. The molecule has 0 aromatic heterocycles. The van der Waals surface area contributed by atoms with Gasteiger partial charge in [0.1, 0.15) is 0 Å². The molecule has 1 aromatic carbocycles. The average Bonchev–Trinajstić information content (AvgIpc) is 2.54. The van der Waals surface area contributed by atoms with Gasteiger partial charge >= 0.3 is 5.97 Å². The van der Waals surface area contributed by atoms with E-state index in [9.17, 15) is 9.59 Å². The molecule has 0 bridgehead atoms. The van der Waals surface area contributed by atoms with Crippen LogP contribution in [0, 0.1) is 5.92 Å². The number of piperidine rings is 1. The van der Waals surface area contributed by atoms with Gasteiger partial charge in [-0.2, -0.15) is 0 Å². The van der Waals surface area contributed by atoms with Crippen LogP contribution in [0.5, 0.6) is 0 Å². The number of halogens is 1. The molecule has 0 spiro atoms. The summed E-state index contributed by atoms with van der Waals surface area (Å²) in [7, 11) is 0. The molecule has 120 valence electrons. The maximum Gasteiger partial charge on any atom is 0.310 e. The van der Waals surface area contributed by atoms with Gasteiger partial charge in [0, 0.05) is 17.1 Å². The number of nitrogens with zero attached hydrogens (tertiary/aromatic N) is 1. The summed E-state index contributed by atoms with van der Waals surface area (Å²) in [6.07, 6.45) is 1.78. The summed E-state index contributed by atoms with van der Waals surface area (Å²) in [5.74, 6) is -0.382. The van der Waals surface area contributed by atoms with Crippen molar-refractivity contribution in [2.45, 2.75) is 19.8 Å². The monoisotopic (exact) mass is 324 g/mol. The molecule has 1 aliphatic rings. The first-order chi connectivity index (χ1) is 10.6. The van der Waals surface area contributed by atoms with Crippen LogP contribution in [-0.2, 0) is 9.53 Å². The third kappa shape index (κ3) is 4.71. The molecule has 1 N–H and O–H groups in total. The van der Waals surface area contributed by atoms with Crippen molar-refractivity contribution in [2.24, 2.45) is 5.92 Å². The highest BCUT2D eigenvalue weighted by atomic mass is 35.5. The van der Waals surface area contributed by atoms with Crippen LogP contribution in [0.4, 0.5) is 0 Å². The molecule has 22 heavy (non-hydrogen) atoms. The summed E-state index contributed by atoms with van der Waals surface area (Å²) in [5, 5.41) is 3.47.